The first-order valence-electron chi connectivity index (χ1n) is 7.25. The third-order valence-electron chi connectivity index (χ3n) is 4.21. The molecule has 1 nitrogen and oxygen atoms in total. The predicted molar refractivity (Wildman–Crippen MR) is 74.6 cm³/mol. The zero-order chi connectivity index (χ0) is 14.8. The van der Waals surface area contributed by atoms with Gasteiger partial charge in [0.25, 0.3) is 0 Å². The smallest absolute Gasteiger partial charge is 0.313 e. The van der Waals surface area contributed by atoms with Gasteiger partial charge in [-0.05, 0) is 49.3 Å². The molecule has 1 aromatic rings. The summed E-state index contributed by atoms with van der Waals surface area (Å²) in [5.74, 6) is 0. The first-order valence-corrected chi connectivity index (χ1v) is 7.25. The normalized spacial score (nSPS) is 18.9. The van der Waals surface area contributed by atoms with Crippen LogP contribution in [0.5, 0.6) is 0 Å². The highest BCUT2D eigenvalue weighted by Crippen LogP contribution is 2.49. The molecule has 0 radical (unpaired) electrons. The number of hydrogen-bond acceptors (Lipinski definition) is 1. The van der Waals surface area contributed by atoms with E-state index in [0.717, 1.165) is 37.4 Å². The van der Waals surface area contributed by atoms with E-state index in [9.17, 15) is 13.2 Å². The van der Waals surface area contributed by atoms with Crippen molar-refractivity contribution >= 4 is 0 Å². The Morgan fingerprint density at radius 2 is 2.00 bits per heavy atom. The monoisotopic (exact) mass is 285 g/mol. The second-order valence-electron chi connectivity index (χ2n) is 6.06. The minimum absolute atomic E-state index is 0.253. The Morgan fingerprint density at radius 1 is 1.30 bits per heavy atom. The molecule has 0 saturated heterocycles. The quantitative estimate of drug-likeness (QED) is 0.816. The van der Waals surface area contributed by atoms with Crippen LogP contribution in [0.15, 0.2) is 24.3 Å². The maximum absolute atomic E-state index is 12.7. The highest BCUT2D eigenvalue weighted by Gasteiger charge is 2.44. The van der Waals surface area contributed by atoms with E-state index in [0.29, 0.717) is 6.42 Å². The topological polar surface area (TPSA) is 12.0 Å². The fourth-order valence-corrected chi connectivity index (χ4v) is 2.54. The highest BCUT2D eigenvalue weighted by molar-refractivity contribution is 5.27. The van der Waals surface area contributed by atoms with E-state index in [2.05, 4.69) is 19.2 Å². The van der Waals surface area contributed by atoms with Crippen molar-refractivity contribution in [3.63, 3.8) is 0 Å². The Morgan fingerprint density at radius 3 is 2.55 bits per heavy atom. The number of rotatable bonds is 6. The maximum Gasteiger partial charge on any atom is 0.416 e. The van der Waals surface area contributed by atoms with E-state index in [1.807, 2.05) is 0 Å². The summed E-state index contributed by atoms with van der Waals surface area (Å²) in [6, 6.07) is 5.99. The largest absolute Gasteiger partial charge is 0.416 e. The van der Waals surface area contributed by atoms with Gasteiger partial charge < -0.3 is 5.32 Å². The molecular formula is C16H22F3N. The third-order valence-corrected chi connectivity index (χ3v) is 4.21. The molecule has 1 aliphatic carbocycles. The van der Waals surface area contributed by atoms with Crippen LogP contribution in [0.1, 0.15) is 44.2 Å². The molecular weight excluding hydrogens is 263 g/mol. The Bertz CT molecular complexity index is 449. The summed E-state index contributed by atoms with van der Waals surface area (Å²) in [7, 11) is 0. The SMILES string of the molecule is CCCNC(Cc1cccc(C(F)(F)F)c1)C1(C)CC1. The molecule has 1 N–H and O–H groups in total. The van der Waals surface area contributed by atoms with E-state index in [4.69, 9.17) is 0 Å². The lowest BCUT2D eigenvalue weighted by Crippen LogP contribution is -2.38. The molecule has 1 aliphatic rings. The molecule has 1 unspecified atom stereocenters. The van der Waals surface area contributed by atoms with Crippen LogP contribution in [0.2, 0.25) is 0 Å². The van der Waals surface area contributed by atoms with E-state index < -0.39 is 11.7 Å². The van der Waals surface area contributed by atoms with Crippen LogP contribution >= 0.6 is 0 Å². The number of alkyl halides is 3. The Balaban J connectivity index is 2.10. The van der Waals surface area contributed by atoms with Crippen molar-refractivity contribution in [1.29, 1.82) is 0 Å². The molecule has 0 amide bonds. The summed E-state index contributed by atoms with van der Waals surface area (Å²) < 4.78 is 38.2. The fraction of sp³-hybridized carbons (Fsp3) is 0.625. The number of nitrogens with one attached hydrogen (secondary N) is 1. The number of hydrogen-bond donors (Lipinski definition) is 1. The van der Waals surface area contributed by atoms with Gasteiger partial charge in [0.05, 0.1) is 5.56 Å². The fourth-order valence-electron chi connectivity index (χ4n) is 2.54. The Kier molecular flexibility index (Phi) is 4.43. The van der Waals surface area contributed by atoms with Gasteiger partial charge in [0.1, 0.15) is 0 Å². The van der Waals surface area contributed by atoms with Gasteiger partial charge in [-0.1, -0.05) is 32.0 Å². The van der Waals surface area contributed by atoms with E-state index in [1.54, 1.807) is 6.07 Å². The van der Waals surface area contributed by atoms with Crippen LogP contribution in [-0.4, -0.2) is 12.6 Å². The van der Waals surface area contributed by atoms with Gasteiger partial charge in [-0.2, -0.15) is 13.2 Å². The molecule has 0 bridgehead atoms. The second kappa shape index (κ2) is 5.76. The molecule has 0 heterocycles. The van der Waals surface area contributed by atoms with Gasteiger partial charge in [0.2, 0.25) is 0 Å². The van der Waals surface area contributed by atoms with Crippen LogP contribution in [0.4, 0.5) is 13.2 Å². The molecule has 20 heavy (non-hydrogen) atoms. The molecule has 1 fully saturated rings. The summed E-state index contributed by atoms with van der Waals surface area (Å²) in [6.45, 7) is 5.23. The van der Waals surface area contributed by atoms with Crippen molar-refractivity contribution in [3.05, 3.63) is 35.4 Å². The van der Waals surface area contributed by atoms with Crippen LogP contribution < -0.4 is 5.32 Å². The minimum atomic E-state index is -4.26. The summed E-state index contributed by atoms with van der Waals surface area (Å²) in [4.78, 5) is 0. The van der Waals surface area contributed by atoms with Gasteiger partial charge in [0, 0.05) is 6.04 Å². The van der Waals surface area contributed by atoms with Gasteiger partial charge in [0.15, 0.2) is 0 Å². The van der Waals surface area contributed by atoms with E-state index >= 15 is 0 Å². The second-order valence-corrected chi connectivity index (χ2v) is 6.06. The lowest BCUT2D eigenvalue weighted by atomic mass is 9.91. The van der Waals surface area contributed by atoms with Crippen LogP contribution in [0.3, 0.4) is 0 Å². The predicted octanol–water partition coefficient (Wildman–Crippen LogP) is 4.42. The van der Waals surface area contributed by atoms with Gasteiger partial charge in [-0.3, -0.25) is 0 Å². The first-order chi connectivity index (χ1) is 9.35. The standard InChI is InChI=1S/C16H22F3N/c1-3-9-20-14(15(2)7-8-15)11-12-5-4-6-13(10-12)16(17,18)19/h4-6,10,14,20H,3,7-9,11H2,1-2H3. The summed E-state index contributed by atoms with van der Waals surface area (Å²) in [5, 5.41) is 3.50. The molecule has 0 spiro atoms. The van der Waals surface area contributed by atoms with E-state index in [1.165, 1.54) is 12.1 Å². The first kappa shape index (κ1) is 15.4. The molecule has 1 saturated carbocycles. The van der Waals surface area contributed by atoms with Crippen LogP contribution in [-0.2, 0) is 12.6 Å². The molecule has 4 heteroatoms. The van der Waals surface area contributed by atoms with Crippen molar-refractivity contribution < 1.29 is 13.2 Å². The molecule has 2 rings (SSSR count). The van der Waals surface area contributed by atoms with Crippen LogP contribution in [0, 0.1) is 5.41 Å². The molecule has 0 aromatic heterocycles. The number of halogens is 3. The lowest BCUT2D eigenvalue weighted by Gasteiger charge is -2.25. The third kappa shape index (κ3) is 3.75. The van der Waals surface area contributed by atoms with Crippen LogP contribution in [0.25, 0.3) is 0 Å². The van der Waals surface area contributed by atoms with Crippen molar-refractivity contribution in [2.45, 2.75) is 51.7 Å². The average molecular weight is 285 g/mol. The summed E-state index contributed by atoms with van der Waals surface area (Å²) >= 11 is 0. The Hall–Kier alpha value is -1.03. The van der Waals surface area contributed by atoms with E-state index in [-0.39, 0.29) is 11.5 Å². The zero-order valence-electron chi connectivity index (χ0n) is 12.1. The van der Waals surface area contributed by atoms with Crippen molar-refractivity contribution in [3.8, 4) is 0 Å². The molecule has 0 aliphatic heterocycles. The zero-order valence-corrected chi connectivity index (χ0v) is 12.1. The minimum Gasteiger partial charge on any atom is -0.313 e. The van der Waals surface area contributed by atoms with Gasteiger partial charge in [-0.15, -0.1) is 0 Å². The average Bonchev–Trinajstić information content (AvgIpc) is 3.13. The molecule has 112 valence electrons. The number of benzene rings is 1. The van der Waals surface area contributed by atoms with Crippen molar-refractivity contribution in [2.75, 3.05) is 6.54 Å². The molecule has 1 atom stereocenters. The maximum atomic E-state index is 12.7. The summed E-state index contributed by atoms with van der Waals surface area (Å²) in [5.41, 5.74) is 0.468. The van der Waals surface area contributed by atoms with Crippen molar-refractivity contribution in [1.82, 2.24) is 5.32 Å². The van der Waals surface area contributed by atoms with Gasteiger partial charge >= 0.3 is 6.18 Å². The Labute approximate surface area is 118 Å². The lowest BCUT2D eigenvalue weighted by molar-refractivity contribution is -0.137. The summed E-state index contributed by atoms with van der Waals surface area (Å²) in [6.07, 6.45) is -0.234. The molecule has 1 aromatic carbocycles. The highest BCUT2D eigenvalue weighted by atomic mass is 19.4. The van der Waals surface area contributed by atoms with Crippen molar-refractivity contribution in [2.24, 2.45) is 5.41 Å². The van der Waals surface area contributed by atoms with Gasteiger partial charge in [-0.25, -0.2) is 0 Å².